The lowest BCUT2D eigenvalue weighted by Gasteiger charge is -2.18. The molecule has 2 N–H and O–H groups in total. The monoisotopic (exact) mass is 323 g/mol. The minimum atomic E-state index is -0.130. The average Bonchev–Trinajstić information content (AvgIpc) is 3.13. The van der Waals surface area contributed by atoms with Gasteiger partial charge in [-0.3, -0.25) is 4.90 Å². The molecule has 1 heterocycles. The summed E-state index contributed by atoms with van der Waals surface area (Å²) in [5.74, 6) is 0. The normalized spacial score (nSPS) is 14.5. The minimum Gasteiger partial charge on any atom is -0.334 e. The van der Waals surface area contributed by atoms with Gasteiger partial charge in [0.2, 0.25) is 0 Å². The van der Waals surface area contributed by atoms with Gasteiger partial charge in [0.25, 0.3) is 0 Å². The van der Waals surface area contributed by atoms with Crippen molar-refractivity contribution in [1.29, 1.82) is 0 Å². The van der Waals surface area contributed by atoms with E-state index in [-0.39, 0.29) is 6.03 Å². The Morgan fingerprint density at radius 3 is 2.21 bits per heavy atom. The van der Waals surface area contributed by atoms with E-state index in [4.69, 9.17) is 0 Å². The van der Waals surface area contributed by atoms with Gasteiger partial charge < -0.3 is 10.6 Å². The summed E-state index contributed by atoms with van der Waals surface area (Å²) >= 11 is 0. The molecule has 2 amide bonds. The van der Waals surface area contributed by atoms with E-state index >= 15 is 0 Å². The van der Waals surface area contributed by atoms with Crippen molar-refractivity contribution < 1.29 is 4.79 Å². The molecule has 3 rings (SSSR count). The van der Waals surface area contributed by atoms with Crippen LogP contribution in [0.2, 0.25) is 0 Å². The van der Waals surface area contributed by atoms with Crippen molar-refractivity contribution in [2.24, 2.45) is 0 Å². The van der Waals surface area contributed by atoms with Crippen molar-refractivity contribution in [3.63, 3.8) is 0 Å². The quantitative estimate of drug-likeness (QED) is 0.857. The van der Waals surface area contributed by atoms with Gasteiger partial charge in [0.1, 0.15) is 0 Å². The van der Waals surface area contributed by atoms with Crippen molar-refractivity contribution in [2.45, 2.75) is 32.5 Å². The van der Waals surface area contributed by atoms with E-state index in [2.05, 4.69) is 33.7 Å². The average molecular weight is 323 g/mol. The number of nitrogens with zero attached hydrogens (tertiary/aromatic N) is 1. The van der Waals surface area contributed by atoms with Crippen LogP contribution in [0.5, 0.6) is 0 Å². The number of hydrogen-bond donors (Lipinski definition) is 2. The van der Waals surface area contributed by atoms with Crippen LogP contribution in [0.4, 0.5) is 4.79 Å². The van der Waals surface area contributed by atoms with E-state index in [1.54, 1.807) is 0 Å². The second-order valence-electron chi connectivity index (χ2n) is 6.27. The highest BCUT2D eigenvalue weighted by Crippen LogP contribution is 2.16. The summed E-state index contributed by atoms with van der Waals surface area (Å²) in [6, 6.07) is 18.2. The van der Waals surface area contributed by atoms with Crippen LogP contribution in [-0.4, -0.2) is 24.0 Å². The van der Waals surface area contributed by atoms with Crippen LogP contribution in [0.25, 0.3) is 0 Å². The highest BCUT2D eigenvalue weighted by atomic mass is 16.2. The molecule has 4 heteroatoms. The van der Waals surface area contributed by atoms with Crippen LogP contribution in [-0.2, 0) is 19.6 Å². The van der Waals surface area contributed by atoms with Crippen molar-refractivity contribution in [2.75, 3.05) is 13.1 Å². The minimum absolute atomic E-state index is 0.130. The zero-order valence-corrected chi connectivity index (χ0v) is 14.0. The second kappa shape index (κ2) is 8.50. The highest BCUT2D eigenvalue weighted by Gasteiger charge is 2.13. The Morgan fingerprint density at radius 1 is 0.833 bits per heavy atom. The Kier molecular flexibility index (Phi) is 5.85. The van der Waals surface area contributed by atoms with Gasteiger partial charge in [-0.15, -0.1) is 0 Å². The van der Waals surface area contributed by atoms with Gasteiger partial charge in [-0.2, -0.15) is 0 Å². The van der Waals surface area contributed by atoms with E-state index in [1.165, 1.54) is 37.1 Å². The lowest BCUT2D eigenvalue weighted by Crippen LogP contribution is -2.34. The lowest BCUT2D eigenvalue weighted by molar-refractivity contribution is 0.240. The predicted molar refractivity (Wildman–Crippen MR) is 96.5 cm³/mol. The van der Waals surface area contributed by atoms with E-state index in [1.807, 2.05) is 36.4 Å². The topological polar surface area (TPSA) is 44.4 Å². The molecule has 0 atom stereocenters. The molecule has 2 aromatic carbocycles. The molecular weight excluding hydrogens is 298 g/mol. The van der Waals surface area contributed by atoms with E-state index < -0.39 is 0 Å². The second-order valence-corrected chi connectivity index (χ2v) is 6.27. The first-order valence-corrected chi connectivity index (χ1v) is 8.66. The van der Waals surface area contributed by atoms with Gasteiger partial charge in [0, 0.05) is 19.6 Å². The summed E-state index contributed by atoms with van der Waals surface area (Å²) in [6.45, 7) is 4.44. The van der Waals surface area contributed by atoms with Gasteiger partial charge >= 0.3 is 6.03 Å². The summed E-state index contributed by atoms with van der Waals surface area (Å²) in [4.78, 5) is 14.5. The van der Waals surface area contributed by atoms with Crippen LogP contribution >= 0.6 is 0 Å². The maximum absolute atomic E-state index is 12.0. The summed E-state index contributed by atoms with van der Waals surface area (Å²) < 4.78 is 0. The smallest absolute Gasteiger partial charge is 0.315 e. The Morgan fingerprint density at radius 2 is 1.46 bits per heavy atom. The van der Waals surface area contributed by atoms with Crippen molar-refractivity contribution in [3.05, 3.63) is 71.3 Å². The Balaban J connectivity index is 1.49. The van der Waals surface area contributed by atoms with Gasteiger partial charge in [-0.25, -0.2) is 4.79 Å². The molecule has 0 bridgehead atoms. The number of nitrogens with one attached hydrogen (secondary N) is 2. The number of carbonyl (C=O) groups excluding carboxylic acids is 1. The Bertz CT molecular complexity index is 651. The first-order chi connectivity index (χ1) is 11.8. The summed E-state index contributed by atoms with van der Waals surface area (Å²) in [6.07, 6.45) is 2.59. The standard InChI is InChI=1S/C20H25N3O/c24-20(21-14-17-8-2-1-3-9-17)22-15-18-10-4-5-11-19(18)16-23-12-6-7-13-23/h1-5,8-11H,6-7,12-16H2,(H2,21,22,24). The SMILES string of the molecule is O=C(NCc1ccccc1)NCc1ccccc1CN1CCCC1. The molecule has 1 aliphatic rings. The number of urea groups is 1. The van der Waals surface area contributed by atoms with E-state index in [0.717, 1.165) is 12.1 Å². The zero-order valence-electron chi connectivity index (χ0n) is 14.0. The largest absolute Gasteiger partial charge is 0.334 e. The third-order valence-electron chi connectivity index (χ3n) is 4.45. The zero-order chi connectivity index (χ0) is 16.6. The number of benzene rings is 2. The molecule has 2 aromatic rings. The molecule has 0 radical (unpaired) electrons. The number of rotatable bonds is 6. The van der Waals surface area contributed by atoms with Crippen molar-refractivity contribution >= 4 is 6.03 Å². The third-order valence-corrected chi connectivity index (χ3v) is 4.45. The fraction of sp³-hybridized carbons (Fsp3) is 0.350. The highest BCUT2D eigenvalue weighted by molar-refractivity contribution is 5.73. The van der Waals surface area contributed by atoms with E-state index in [0.29, 0.717) is 13.1 Å². The first kappa shape index (κ1) is 16.5. The van der Waals surface area contributed by atoms with Crippen LogP contribution in [0.15, 0.2) is 54.6 Å². The van der Waals surface area contributed by atoms with Crippen molar-refractivity contribution in [3.8, 4) is 0 Å². The Labute approximate surface area is 143 Å². The molecule has 24 heavy (non-hydrogen) atoms. The lowest BCUT2D eigenvalue weighted by atomic mass is 10.1. The number of carbonyl (C=O) groups is 1. The maximum Gasteiger partial charge on any atom is 0.315 e. The van der Waals surface area contributed by atoms with Crippen molar-refractivity contribution in [1.82, 2.24) is 15.5 Å². The van der Waals surface area contributed by atoms with Crippen LogP contribution in [0.1, 0.15) is 29.5 Å². The van der Waals surface area contributed by atoms with Gasteiger partial charge in [0.15, 0.2) is 0 Å². The molecule has 1 saturated heterocycles. The molecule has 0 unspecified atom stereocenters. The molecule has 1 aliphatic heterocycles. The van der Waals surface area contributed by atoms with Crippen LogP contribution < -0.4 is 10.6 Å². The molecule has 0 saturated carbocycles. The summed E-state index contributed by atoms with van der Waals surface area (Å²) in [7, 11) is 0. The molecular formula is C20H25N3O. The molecule has 0 spiro atoms. The van der Waals surface area contributed by atoms with Gasteiger partial charge in [-0.05, 0) is 42.6 Å². The Hall–Kier alpha value is -2.33. The maximum atomic E-state index is 12.0. The van der Waals surface area contributed by atoms with Gasteiger partial charge in [-0.1, -0.05) is 54.6 Å². The fourth-order valence-electron chi connectivity index (χ4n) is 3.08. The predicted octanol–water partition coefficient (Wildman–Crippen LogP) is 3.28. The number of amides is 2. The van der Waals surface area contributed by atoms with Crippen LogP contribution in [0, 0.1) is 0 Å². The fourth-order valence-corrected chi connectivity index (χ4v) is 3.08. The molecule has 4 nitrogen and oxygen atoms in total. The molecule has 0 aliphatic carbocycles. The van der Waals surface area contributed by atoms with Gasteiger partial charge in [0.05, 0.1) is 0 Å². The summed E-state index contributed by atoms with van der Waals surface area (Å²) in [5, 5.41) is 5.87. The first-order valence-electron chi connectivity index (χ1n) is 8.66. The summed E-state index contributed by atoms with van der Waals surface area (Å²) in [5.41, 5.74) is 3.60. The molecule has 1 fully saturated rings. The third kappa shape index (κ3) is 4.83. The van der Waals surface area contributed by atoms with Crippen LogP contribution in [0.3, 0.4) is 0 Å². The van der Waals surface area contributed by atoms with E-state index in [9.17, 15) is 4.79 Å². The number of likely N-dealkylation sites (tertiary alicyclic amines) is 1. The molecule has 126 valence electrons. The number of hydrogen-bond acceptors (Lipinski definition) is 2. The molecule has 0 aromatic heterocycles.